The standard InChI is InChI=1S/C28H30N2O6S/c1-7-35-21-13-8-18(14-22(21)34-6)15-23-26(31)30-25(19-9-11-20(33-5)12-10-19)24(27(32)36-16(2)3)17(4)29-28(30)37-23/h8-16,25H,7H2,1-6H3/b23-15+/t25-/m1/s1. The van der Waals surface area contributed by atoms with Crippen molar-refractivity contribution in [3.8, 4) is 17.2 Å². The molecule has 0 radical (unpaired) electrons. The average molecular weight is 523 g/mol. The van der Waals surface area contributed by atoms with Crippen molar-refractivity contribution >= 4 is 23.4 Å². The predicted octanol–water partition coefficient (Wildman–Crippen LogP) is 3.60. The number of ether oxygens (including phenoxy) is 4. The summed E-state index contributed by atoms with van der Waals surface area (Å²) >= 11 is 1.27. The van der Waals surface area contributed by atoms with Crippen LogP contribution in [0.4, 0.5) is 0 Å². The molecule has 1 aliphatic heterocycles. The second-order valence-corrected chi connectivity index (χ2v) is 9.66. The van der Waals surface area contributed by atoms with E-state index in [0.29, 0.717) is 44.5 Å². The van der Waals surface area contributed by atoms with E-state index in [2.05, 4.69) is 4.99 Å². The first kappa shape index (κ1) is 26.2. The number of nitrogens with zero attached hydrogens (tertiary/aromatic N) is 2. The van der Waals surface area contributed by atoms with E-state index in [9.17, 15) is 9.59 Å². The van der Waals surface area contributed by atoms with Gasteiger partial charge < -0.3 is 18.9 Å². The molecule has 0 saturated carbocycles. The summed E-state index contributed by atoms with van der Waals surface area (Å²) in [6.45, 7) is 7.76. The number of carbonyl (C=O) groups is 1. The predicted molar refractivity (Wildman–Crippen MR) is 142 cm³/mol. The molecule has 0 N–H and O–H groups in total. The Morgan fingerprint density at radius 2 is 1.84 bits per heavy atom. The van der Waals surface area contributed by atoms with Gasteiger partial charge in [-0.1, -0.05) is 29.5 Å². The summed E-state index contributed by atoms with van der Waals surface area (Å²) in [5.74, 6) is 1.39. The zero-order chi connectivity index (χ0) is 26.7. The summed E-state index contributed by atoms with van der Waals surface area (Å²) in [4.78, 5) is 32.1. The number of allylic oxidation sites excluding steroid dienone is 1. The SMILES string of the molecule is CCOc1ccc(/C=c2/sc3n(c2=O)[C@H](c2ccc(OC)cc2)C(C(=O)OC(C)C)=C(C)N=3)cc1OC. The first-order valence-corrected chi connectivity index (χ1v) is 12.8. The van der Waals surface area contributed by atoms with Gasteiger partial charge in [0.05, 0.1) is 48.8 Å². The number of thiazole rings is 1. The molecule has 2 heterocycles. The molecule has 0 fully saturated rings. The summed E-state index contributed by atoms with van der Waals surface area (Å²) in [6.07, 6.45) is 1.47. The molecule has 0 amide bonds. The summed E-state index contributed by atoms with van der Waals surface area (Å²) in [5, 5.41) is 0. The number of rotatable bonds is 8. The molecule has 1 atom stereocenters. The average Bonchev–Trinajstić information content (AvgIpc) is 3.17. The quantitative estimate of drug-likeness (QED) is 0.420. The molecule has 2 aromatic carbocycles. The molecule has 9 heteroatoms. The van der Waals surface area contributed by atoms with Crippen molar-refractivity contribution in [2.75, 3.05) is 20.8 Å². The maximum atomic E-state index is 13.8. The Bertz CT molecular complexity index is 1520. The number of fused-ring (bicyclic) bond motifs is 1. The topological polar surface area (TPSA) is 88.4 Å². The Kier molecular flexibility index (Phi) is 7.83. The number of hydrogen-bond acceptors (Lipinski definition) is 8. The lowest BCUT2D eigenvalue weighted by molar-refractivity contribution is -0.143. The van der Waals surface area contributed by atoms with E-state index in [1.165, 1.54) is 11.3 Å². The monoisotopic (exact) mass is 522 g/mol. The Morgan fingerprint density at radius 3 is 2.46 bits per heavy atom. The fraction of sp³-hybridized carbons (Fsp3) is 0.321. The molecule has 37 heavy (non-hydrogen) atoms. The fourth-order valence-electron chi connectivity index (χ4n) is 4.16. The van der Waals surface area contributed by atoms with Gasteiger partial charge in [0.15, 0.2) is 16.3 Å². The van der Waals surface area contributed by atoms with Gasteiger partial charge in [-0.05, 0) is 69.2 Å². The lowest BCUT2D eigenvalue weighted by atomic mass is 9.96. The minimum atomic E-state index is -0.689. The van der Waals surface area contributed by atoms with Crippen molar-refractivity contribution in [2.45, 2.75) is 39.8 Å². The van der Waals surface area contributed by atoms with Crippen molar-refractivity contribution in [2.24, 2.45) is 4.99 Å². The normalized spacial score (nSPS) is 15.3. The highest BCUT2D eigenvalue weighted by Gasteiger charge is 2.33. The van der Waals surface area contributed by atoms with Crippen LogP contribution in [0, 0.1) is 0 Å². The van der Waals surface area contributed by atoms with E-state index < -0.39 is 12.0 Å². The molecule has 0 bridgehead atoms. The van der Waals surface area contributed by atoms with Gasteiger partial charge in [-0.3, -0.25) is 9.36 Å². The van der Waals surface area contributed by atoms with Crippen molar-refractivity contribution in [1.82, 2.24) is 4.57 Å². The van der Waals surface area contributed by atoms with Crippen molar-refractivity contribution in [3.05, 3.63) is 84.5 Å². The van der Waals surface area contributed by atoms with E-state index in [4.69, 9.17) is 18.9 Å². The Labute approximate surface area is 219 Å². The van der Waals surface area contributed by atoms with Crippen LogP contribution in [0.15, 0.2) is 63.5 Å². The lowest BCUT2D eigenvalue weighted by Crippen LogP contribution is -2.40. The smallest absolute Gasteiger partial charge is 0.338 e. The minimum Gasteiger partial charge on any atom is -0.497 e. The Morgan fingerprint density at radius 1 is 1.11 bits per heavy atom. The first-order chi connectivity index (χ1) is 17.8. The van der Waals surface area contributed by atoms with Gasteiger partial charge in [0.2, 0.25) is 0 Å². The second kappa shape index (κ2) is 11.0. The molecule has 1 aromatic heterocycles. The van der Waals surface area contributed by atoms with Gasteiger partial charge in [-0.15, -0.1) is 0 Å². The summed E-state index contributed by atoms with van der Waals surface area (Å²) in [6, 6.07) is 12.1. The molecule has 0 spiro atoms. The Balaban J connectivity index is 1.89. The highest BCUT2D eigenvalue weighted by Crippen LogP contribution is 2.32. The minimum absolute atomic E-state index is 0.250. The summed E-state index contributed by atoms with van der Waals surface area (Å²) < 4.78 is 23.9. The zero-order valence-electron chi connectivity index (χ0n) is 21.7. The maximum absolute atomic E-state index is 13.8. The van der Waals surface area contributed by atoms with Crippen LogP contribution >= 0.6 is 11.3 Å². The van der Waals surface area contributed by atoms with E-state index in [-0.39, 0.29) is 11.7 Å². The molecular formula is C28H30N2O6S. The highest BCUT2D eigenvalue weighted by atomic mass is 32.1. The lowest BCUT2D eigenvalue weighted by Gasteiger charge is -2.25. The van der Waals surface area contributed by atoms with Crippen LogP contribution in [0.5, 0.6) is 17.2 Å². The molecule has 0 unspecified atom stereocenters. The number of methoxy groups -OCH3 is 2. The number of aromatic nitrogens is 1. The van der Waals surface area contributed by atoms with Gasteiger partial charge in [-0.25, -0.2) is 9.79 Å². The van der Waals surface area contributed by atoms with Gasteiger partial charge >= 0.3 is 5.97 Å². The maximum Gasteiger partial charge on any atom is 0.338 e. The number of hydrogen-bond donors (Lipinski definition) is 0. The van der Waals surface area contributed by atoms with Crippen LogP contribution in [0.25, 0.3) is 6.08 Å². The Hall–Kier alpha value is -3.85. The third-order valence-corrected chi connectivity index (χ3v) is 6.78. The summed E-state index contributed by atoms with van der Waals surface area (Å²) in [5.41, 5.74) is 2.13. The molecule has 0 saturated heterocycles. The van der Waals surface area contributed by atoms with Crippen LogP contribution in [-0.4, -0.2) is 37.5 Å². The van der Waals surface area contributed by atoms with Crippen LogP contribution in [0.3, 0.4) is 0 Å². The molecule has 3 aromatic rings. The number of benzene rings is 2. The van der Waals surface area contributed by atoms with Gasteiger partial charge in [0.1, 0.15) is 5.75 Å². The van der Waals surface area contributed by atoms with Crippen LogP contribution in [-0.2, 0) is 9.53 Å². The highest BCUT2D eigenvalue weighted by molar-refractivity contribution is 7.07. The molecule has 4 rings (SSSR count). The van der Waals surface area contributed by atoms with Crippen LogP contribution in [0.2, 0.25) is 0 Å². The van der Waals surface area contributed by atoms with Crippen molar-refractivity contribution in [3.63, 3.8) is 0 Å². The van der Waals surface area contributed by atoms with Crippen LogP contribution in [0.1, 0.15) is 44.9 Å². The van der Waals surface area contributed by atoms with E-state index in [1.807, 2.05) is 37.3 Å². The third-order valence-electron chi connectivity index (χ3n) is 5.80. The van der Waals surface area contributed by atoms with E-state index in [1.54, 1.807) is 57.8 Å². The fourth-order valence-corrected chi connectivity index (χ4v) is 5.21. The van der Waals surface area contributed by atoms with E-state index in [0.717, 1.165) is 11.1 Å². The summed E-state index contributed by atoms with van der Waals surface area (Å²) in [7, 11) is 3.16. The molecular weight excluding hydrogens is 492 g/mol. The largest absolute Gasteiger partial charge is 0.497 e. The van der Waals surface area contributed by atoms with Crippen molar-refractivity contribution < 1.29 is 23.7 Å². The van der Waals surface area contributed by atoms with Gasteiger partial charge in [0, 0.05) is 0 Å². The number of carbonyl (C=O) groups excluding carboxylic acids is 1. The van der Waals surface area contributed by atoms with Crippen LogP contribution < -0.4 is 29.1 Å². The molecule has 8 nitrogen and oxygen atoms in total. The van der Waals surface area contributed by atoms with Gasteiger partial charge in [0.25, 0.3) is 5.56 Å². The second-order valence-electron chi connectivity index (χ2n) is 8.65. The zero-order valence-corrected chi connectivity index (χ0v) is 22.5. The molecule has 194 valence electrons. The molecule has 1 aliphatic rings. The first-order valence-electron chi connectivity index (χ1n) is 12.0. The van der Waals surface area contributed by atoms with Crippen molar-refractivity contribution in [1.29, 1.82) is 0 Å². The molecule has 0 aliphatic carbocycles. The third kappa shape index (κ3) is 5.32. The number of esters is 1. The van der Waals surface area contributed by atoms with E-state index >= 15 is 0 Å². The van der Waals surface area contributed by atoms with Gasteiger partial charge in [-0.2, -0.15) is 0 Å².